The van der Waals surface area contributed by atoms with Crippen LogP contribution in [0.1, 0.15) is 16.0 Å². The van der Waals surface area contributed by atoms with Crippen molar-refractivity contribution >= 4 is 15.9 Å². The summed E-state index contributed by atoms with van der Waals surface area (Å²) in [7, 11) is 0. The molecule has 1 atom stereocenters. The highest BCUT2D eigenvalue weighted by molar-refractivity contribution is 9.09. The van der Waals surface area contributed by atoms with Crippen molar-refractivity contribution < 1.29 is 13.2 Å². The second kappa shape index (κ2) is 5.57. The Bertz CT molecular complexity index is 534. The SMILES string of the molecule is Fc1cccc(CC(Br)c2cc(F)cc(F)c2)c1. The summed E-state index contributed by atoms with van der Waals surface area (Å²) in [6, 6.07) is 9.50. The van der Waals surface area contributed by atoms with Crippen LogP contribution in [-0.2, 0) is 6.42 Å². The fourth-order valence-electron chi connectivity index (χ4n) is 1.74. The third kappa shape index (κ3) is 3.35. The largest absolute Gasteiger partial charge is 0.207 e. The fraction of sp³-hybridized carbons (Fsp3) is 0.143. The number of hydrogen-bond acceptors (Lipinski definition) is 0. The predicted molar refractivity (Wildman–Crippen MR) is 68.1 cm³/mol. The standard InChI is InChI=1S/C14H10BrF3/c15-14(5-9-2-1-3-11(16)4-9)10-6-12(17)8-13(18)7-10/h1-4,6-8,14H,5H2. The highest BCUT2D eigenvalue weighted by Gasteiger charge is 2.11. The van der Waals surface area contributed by atoms with Gasteiger partial charge in [-0.1, -0.05) is 28.1 Å². The van der Waals surface area contributed by atoms with Crippen LogP contribution in [0.2, 0.25) is 0 Å². The molecular formula is C14H10BrF3. The lowest BCUT2D eigenvalue weighted by Gasteiger charge is -2.11. The lowest BCUT2D eigenvalue weighted by molar-refractivity contribution is 0.579. The molecule has 18 heavy (non-hydrogen) atoms. The maximum absolute atomic E-state index is 13.1. The summed E-state index contributed by atoms with van der Waals surface area (Å²) in [5.74, 6) is -1.56. The number of rotatable bonds is 3. The molecule has 2 rings (SSSR count). The van der Waals surface area contributed by atoms with Crippen molar-refractivity contribution in [1.29, 1.82) is 0 Å². The van der Waals surface area contributed by atoms with Gasteiger partial charge >= 0.3 is 0 Å². The van der Waals surface area contributed by atoms with Crippen LogP contribution in [0.3, 0.4) is 0 Å². The Labute approximate surface area is 112 Å². The van der Waals surface area contributed by atoms with Gasteiger partial charge in [0, 0.05) is 10.9 Å². The molecule has 2 aromatic carbocycles. The molecule has 0 aromatic heterocycles. The van der Waals surface area contributed by atoms with Gasteiger partial charge in [-0.2, -0.15) is 0 Å². The second-order valence-corrected chi connectivity index (χ2v) is 5.11. The molecule has 0 bridgehead atoms. The number of benzene rings is 2. The van der Waals surface area contributed by atoms with E-state index in [2.05, 4.69) is 15.9 Å². The van der Waals surface area contributed by atoms with Crippen molar-refractivity contribution in [3.8, 4) is 0 Å². The van der Waals surface area contributed by atoms with E-state index in [0.29, 0.717) is 12.0 Å². The molecule has 0 aliphatic rings. The van der Waals surface area contributed by atoms with Gasteiger partial charge in [0.25, 0.3) is 0 Å². The summed E-state index contributed by atoms with van der Waals surface area (Å²) in [5.41, 5.74) is 1.26. The first-order valence-corrected chi connectivity index (χ1v) is 6.30. The molecule has 0 heterocycles. The van der Waals surface area contributed by atoms with Crippen LogP contribution < -0.4 is 0 Å². The van der Waals surface area contributed by atoms with Gasteiger partial charge in [0.05, 0.1) is 0 Å². The van der Waals surface area contributed by atoms with Gasteiger partial charge in [-0.05, 0) is 41.8 Å². The Kier molecular flexibility index (Phi) is 4.07. The topological polar surface area (TPSA) is 0 Å². The summed E-state index contributed by atoms with van der Waals surface area (Å²) >= 11 is 3.36. The van der Waals surface area contributed by atoms with E-state index in [9.17, 15) is 13.2 Å². The molecule has 1 unspecified atom stereocenters. The fourth-order valence-corrected chi connectivity index (χ4v) is 2.38. The van der Waals surface area contributed by atoms with E-state index in [1.165, 1.54) is 24.3 Å². The quantitative estimate of drug-likeness (QED) is 0.715. The summed E-state index contributed by atoms with van der Waals surface area (Å²) in [5, 5.41) is 0. The third-order valence-electron chi connectivity index (χ3n) is 2.55. The van der Waals surface area contributed by atoms with Gasteiger partial charge in [-0.3, -0.25) is 0 Å². The normalized spacial score (nSPS) is 12.4. The monoisotopic (exact) mass is 314 g/mol. The van der Waals surface area contributed by atoms with Crippen molar-refractivity contribution in [1.82, 2.24) is 0 Å². The highest BCUT2D eigenvalue weighted by Crippen LogP contribution is 2.28. The molecule has 0 saturated heterocycles. The first-order chi connectivity index (χ1) is 8.54. The summed E-state index contributed by atoms with van der Waals surface area (Å²) < 4.78 is 39.2. The van der Waals surface area contributed by atoms with E-state index in [0.717, 1.165) is 11.6 Å². The predicted octanol–water partition coefficient (Wildman–Crippen LogP) is 4.78. The van der Waals surface area contributed by atoms with Gasteiger partial charge in [0.2, 0.25) is 0 Å². The van der Waals surface area contributed by atoms with E-state index in [4.69, 9.17) is 0 Å². The molecule has 0 amide bonds. The molecule has 0 saturated carbocycles. The minimum Gasteiger partial charge on any atom is -0.207 e. The summed E-state index contributed by atoms with van der Waals surface area (Å²) in [6.07, 6.45) is 0.459. The van der Waals surface area contributed by atoms with Gasteiger partial charge < -0.3 is 0 Å². The van der Waals surface area contributed by atoms with E-state index >= 15 is 0 Å². The van der Waals surface area contributed by atoms with Crippen LogP contribution in [-0.4, -0.2) is 0 Å². The van der Waals surface area contributed by atoms with E-state index in [-0.39, 0.29) is 10.6 Å². The van der Waals surface area contributed by atoms with Gasteiger partial charge in [0.15, 0.2) is 0 Å². The maximum Gasteiger partial charge on any atom is 0.126 e. The molecule has 0 spiro atoms. The lowest BCUT2D eigenvalue weighted by Crippen LogP contribution is -1.97. The summed E-state index contributed by atoms with van der Waals surface area (Å²) in [6.45, 7) is 0. The zero-order valence-electron chi connectivity index (χ0n) is 9.34. The molecule has 0 N–H and O–H groups in total. The minimum atomic E-state index is -0.617. The number of alkyl halides is 1. The van der Waals surface area contributed by atoms with Gasteiger partial charge in [-0.25, -0.2) is 13.2 Å². The van der Waals surface area contributed by atoms with Crippen molar-refractivity contribution in [2.24, 2.45) is 0 Å². The average Bonchev–Trinajstić information content (AvgIpc) is 2.27. The average molecular weight is 315 g/mol. The number of hydrogen-bond donors (Lipinski definition) is 0. The maximum atomic E-state index is 13.1. The Balaban J connectivity index is 2.19. The second-order valence-electron chi connectivity index (χ2n) is 4.00. The first kappa shape index (κ1) is 13.1. The van der Waals surface area contributed by atoms with Crippen LogP contribution in [0, 0.1) is 17.5 Å². The molecule has 0 aliphatic carbocycles. The Morgan fingerprint density at radius 1 is 0.889 bits per heavy atom. The Hall–Kier alpha value is -1.29. The van der Waals surface area contributed by atoms with Crippen molar-refractivity contribution in [3.63, 3.8) is 0 Å². The van der Waals surface area contributed by atoms with Crippen LogP contribution >= 0.6 is 15.9 Å². The minimum absolute atomic E-state index is 0.260. The Morgan fingerprint density at radius 3 is 2.17 bits per heavy atom. The smallest absolute Gasteiger partial charge is 0.126 e. The van der Waals surface area contributed by atoms with Crippen LogP contribution in [0.5, 0.6) is 0 Å². The van der Waals surface area contributed by atoms with Gasteiger partial charge in [0.1, 0.15) is 17.5 Å². The summed E-state index contributed by atoms with van der Waals surface area (Å²) in [4.78, 5) is -0.260. The lowest BCUT2D eigenvalue weighted by atomic mass is 10.0. The first-order valence-electron chi connectivity index (χ1n) is 5.39. The van der Waals surface area contributed by atoms with Crippen LogP contribution in [0.25, 0.3) is 0 Å². The van der Waals surface area contributed by atoms with Crippen LogP contribution in [0.4, 0.5) is 13.2 Å². The van der Waals surface area contributed by atoms with E-state index in [1.807, 2.05) is 0 Å². The molecule has 0 fully saturated rings. The molecule has 2 aromatic rings. The van der Waals surface area contributed by atoms with Crippen molar-refractivity contribution in [3.05, 3.63) is 71.0 Å². The highest BCUT2D eigenvalue weighted by atomic mass is 79.9. The van der Waals surface area contributed by atoms with E-state index < -0.39 is 11.6 Å². The van der Waals surface area contributed by atoms with Crippen LogP contribution in [0.15, 0.2) is 42.5 Å². The Morgan fingerprint density at radius 2 is 1.56 bits per heavy atom. The third-order valence-corrected chi connectivity index (χ3v) is 3.40. The molecule has 0 nitrogen and oxygen atoms in total. The van der Waals surface area contributed by atoms with Crippen molar-refractivity contribution in [2.75, 3.05) is 0 Å². The van der Waals surface area contributed by atoms with E-state index in [1.54, 1.807) is 12.1 Å². The van der Waals surface area contributed by atoms with Crippen molar-refractivity contribution in [2.45, 2.75) is 11.2 Å². The zero-order valence-corrected chi connectivity index (χ0v) is 10.9. The molecule has 94 valence electrons. The van der Waals surface area contributed by atoms with Gasteiger partial charge in [-0.15, -0.1) is 0 Å². The molecule has 0 aliphatic heterocycles. The molecule has 4 heteroatoms. The number of halogens is 4. The molecular weight excluding hydrogens is 305 g/mol. The molecule has 0 radical (unpaired) electrons. The zero-order chi connectivity index (χ0) is 13.1.